The third-order valence-corrected chi connectivity index (χ3v) is 4.18. The first-order valence-electron chi connectivity index (χ1n) is 7.81. The van der Waals surface area contributed by atoms with Gasteiger partial charge in [0.1, 0.15) is 16.9 Å². The molecule has 0 bridgehead atoms. The zero-order valence-corrected chi connectivity index (χ0v) is 14.9. The van der Waals surface area contributed by atoms with Crippen molar-refractivity contribution in [3.05, 3.63) is 55.2 Å². The van der Waals surface area contributed by atoms with Crippen LogP contribution in [0.5, 0.6) is 0 Å². The van der Waals surface area contributed by atoms with Crippen LogP contribution in [-0.2, 0) is 0 Å². The third kappa shape index (κ3) is 3.77. The fraction of sp³-hybridized carbons (Fsp3) is 0.222. The molecule has 0 amide bonds. The Morgan fingerprint density at radius 1 is 1.42 bits per heavy atom. The van der Waals surface area contributed by atoms with Gasteiger partial charge in [-0.25, -0.2) is 4.98 Å². The van der Waals surface area contributed by atoms with E-state index < -0.39 is 0 Å². The molecule has 0 radical (unpaired) electrons. The van der Waals surface area contributed by atoms with Gasteiger partial charge < -0.3 is 15.5 Å². The van der Waals surface area contributed by atoms with E-state index in [0.29, 0.717) is 5.76 Å². The Hall–Kier alpha value is -2.31. The fourth-order valence-electron chi connectivity index (χ4n) is 2.20. The molecule has 0 saturated carbocycles. The maximum absolute atomic E-state index is 5.87. The summed E-state index contributed by atoms with van der Waals surface area (Å²) in [6, 6.07) is 1.97. The molecule has 5 nitrogen and oxygen atoms in total. The monoisotopic (exact) mass is 342 g/mol. The summed E-state index contributed by atoms with van der Waals surface area (Å²) in [4.78, 5) is 9.82. The van der Waals surface area contributed by atoms with Crippen LogP contribution in [-0.4, -0.2) is 15.5 Å². The number of nitrogens with two attached hydrogens (primary N) is 1. The van der Waals surface area contributed by atoms with Crippen molar-refractivity contribution in [1.29, 1.82) is 0 Å². The van der Waals surface area contributed by atoms with Crippen molar-refractivity contribution in [3.8, 4) is 11.5 Å². The first-order chi connectivity index (χ1) is 11.7. The second-order valence-electron chi connectivity index (χ2n) is 4.62. The molecule has 0 fully saturated rings. The molecule has 2 aromatic rings. The Morgan fingerprint density at radius 2 is 2.21 bits per heavy atom. The molecular formula is C18H22N4OS. The van der Waals surface area contributed by atoms with Gasteiger partial charge in [-0.05, 0) is 18.6 Å². The van der Waals surface area contributed by atoms with Gasteiger partial charge in [-0.3, -0.25) is 4.98 Å². The van der Waals surface area contributed by atoms with Gasteiger partial charge in [-0.2, -0.15) is 0 Å². The first kappa shape index (κ1) is 18.0. The lowest BCUT2D eigenvalue weighted by Gasteiger charge is -2.03. The molecule has 3 N–H and O–H groups in total. The summed E-state index contributed by atoms with van der Waals surface area (Å²) < 4.78 is 5.57. The topological polar surface area (TPSA) is 77.0 Å². The van der Waals surface area contributed by atoms with Crippen LogP contribution in [0, 0.1) is 0 Å². The van der Waals surface area contributed by atoms with Crippen molar-refractivity contribution in [2.75, 3.05) is 5.32 Å². The zero-order valence-electron chi connectivity index (χ0n) is 14.1. The fourth-order valence-corrected chi connectivity index (χ4v) is 3.08. The molecule has 24 heavy (non-hydrogen) atoms. The third-order valence-electron chi connectivity index (χ3n) is 3.21. The SMILES string of the molecule is C=C/C=C\C(=C/C)c1ncoc1-c1cc2c(cn1)NC(N)S2.CC. The second-order valence-corrected chi connectivity index (χ2v) is 5.80. The summed E-state index contributed by atoms with van der Waals surface area (Å²) in [6.45, 7) is 9.64. The van der Waals surface area contributed by atoms with Crippen LogP contribution in [0.25, 0.3) is 17.0 Å². The van der Waals surface area contributed by atoms with Crippen molar-refractivity contribution >= 4 is 23.0 Å². The molecule has 126 valence electrons. The average Bonchev–Trinajstić information content (AvgIpc) is 3.22. The normalized spacial score (nSPS) is 16.3. The first-order valence-corrected chi connectivity index (χ1v) is 8.69. The van der Waals surface area contributed by atoms with Crippen LogP contribution in [0.1, 0.15) is 26.5 Å². The number of hydrogen-bond donors (Lipinski definition) is 2. The number of rotatable bonds is 4. The minimum Gasteiger partial charge on any atom is -0.441 e. The van der Waals surface area contributed by atoms with E-state index in [2.05, 4.69) is 21.9 Å². The molecule has 0 spiro atoms. The highest BCUT2D eigenvalue weighted by atomic mass is 32.2. The lowest BCUT2D eigenvalue weighted by molar-refractivity contribution is 0.569. The standard InChI is InChI=1S/C16H16N4OS.C2H6/c1-3-5-6-10(4-2)14-15(21-9-19-14)11-7-13-12(8-18-11)20-16(17)22-13;1-2/h3-9,16,20H,1,17H2,2H3;1-2H3/b6-5-,10-4+;. The Balaban J connectivity index is 0.00000100. The maximum atomic E-state index is 5.87. The summed E-state index contributed by atoms with van der Waals surface area (Å²) in [5.74, 6) is 0.644. The molecule has 1 aliphatic rings. The van der Waals surface area contributed by atoms with E-state index >= 15 is 0 Å². The minimum absolute atomic E-state index is 0.136. The Labute approximate surface area is 146 Å². The lowest BCUT2D eigenvalue weighted by atomic mass is 10.1. The van der Waals surface area contributed by atoms with Gasteiger partial charge in [0, 0.05) is 4.90 Å². The predicted octanol–water partition coefficient (Wildman–Crippen LogP) is 4.67. The van der Waals surface area contributed by atoms with Gasteiger partial charge in [0.05, 0.1) is 11.9 Å². The minimum atomic E-state index is -0.136. The molecule has 0 aliphatic carbocycles. The van der Waals surface area contributed by atoms with E-state index in [9.17, 15) is 0 Å². The van der Waals surface area contributed by atoms with Crippen LogP contribution in [0.2, 0.25) is 0 Å². The predicted molar refractivity (Wildman–Crippen MR) is 102 cm³/mol. The smallest absolute Gasteiger partial charge is 0.182 e. The largest absolute Gasteiger partial charge is 0.441 e. The lowest BCUT2D eigenvalue weighted by Crippen LogP contribution is -2.20. The highest BCUT2D eigenvalue weighted by molar-refractivity contribution is 8.00. The van der Waals surface area contributed by atoms with Crippen LogP contribution in [0.4, 0.5) is 5.69 Å². The molecular weight excluding hydrogens is 320 g/mol. The number of oxazole rings is 1. The van der Waals surface area contributed by atoms with Crippen molar-refractivity contribution in [2.45, 2.75) is 31.2 Å². The highest BCUT2D eigenvalue weighted by Crippen LogP contribution is 2.38. The van der Waals surface area contributed by atoms with E-state index in [-0.39, 0.29) is 5.50 Å². The highest BCUT2D eigenvalue weighted by Gasteiger charge is 2.21. The van der Waals surface area contributed by atoms with Gasteiger partial charge in [-0.1, -0.05) is 56.5 Å². The summed E-state index contributed by atoms with van der Waals surface area (Å²) in [5.41, 5.74) is 9.12. The molecule has 1 unspecified atom stereocenters. The molecule has 2 aromatic heterocycles. The van der Waals surface area contributed by atoms with Gasteiger partial charge in [0.25, 0.3) is 0 Å². The summed E-state index contributed by atoms with van der Waals surface area (Å²) in [7, 11) is 0. The van der Waals surface area contributed by atoms with Gasteiger partial charge in [0.15, 0.2) is 12.2 Å². The maximum Gasteiger partial charge on any atom is 0.182 e. The van der Waals surface area contributed by atoms with E-state index in [1.165, 1.54) is 6.39 Å². The van der Waals surface area contributed by atoms with E-state index in [1.54, 1.807) is 24.0 Å². The van der Waals surface area contributed by atoms with Crippen molar-refractivity contribution in [3.63, 3.8) is 0 Å². The van der Waals surface area contributed by atoms with Crippen LogP contribution < -0.4 is 11.1 Å². The molecule has 0 saturated heterocycles. The number of aromatic nitrogens is 2. The van der Waals surface area contributed by atoms with Gasteiger partial charge >= 0.3 is 0 Å². The van der Waals surface area contributed by atoms with Crippen molar-refractivity contribution in [1.82, 2.24) is 9.97 Å². The van der Waals surface area contributed by atoms with Crippen LogP contribution in [0.3, 0.4) is 0 Å². The van der Waals surface area contributed by atoms with E-state index in [0.717, 1.165) is 27.5 Å². The average molecular weight is 342 g/mol. The zero-order chi connectivity index (χ0) is 17.5. The Bertz CT molecular complexity index is 764. The number of hydrogen-bond acceptors (Lipinski definition) is 6. The number of pyridine rings is 1. The molecule has 3 rings (SSSR count). The number of anilines is 1. The van der Waals surface area contributed by atoms with E-state index in [1.807, 2.05) is 45.1 Å². The van der Waals surface area contributed by atoms with Gasteiger partial charge in [0.2, 0.25) is 0 Å². The molecule has 0 aromatic carbocycles. The molecule has 1 atom stereocenters. The summed E-state index contributed by atoms with van der Waals surface area (Å²) in [6.07, 6.45) is 10.7. The Morgan fingerprint density at radius 3 is 2.92 bits per heavy atom. The molecule has 6 heteroatoms. The summed E-state index contributed by atoms with van der Waals surface area (Å²) in [5, 5.41) is 3.14. The van der Waals surface area contributed by atoms with E-state index in [4.69, 9.17) is 10.2 Å². The quantitative estimate of drug-likeness (QED) is 0.786. The number of nitrogens with one attached hydrogen (secondary N) is 1. The van der Waals surface area contributed by atoms with Gasteiger partial charge in [-0.15, -0.1) is 0 Å². The number of fused-ring (bicyclic) bond motifs is 1. The van der Waals surface area contributed by atoms with Crippen molar-refractivity contribution < 1.29 is 4.42 Å². The number of nitrogens with zero attached hydrogens (tertiary/aromatic N) is 2. The van der Waals surface area contributed by atoms with Crippen molar-refractivity contribution in [2.24, 2.45) is 5.73 Å². The second kappa shape index (κ2) is 8.52. The summed E-state index contributed by atoms with van der Waals surface area (Å²) >= 11 is 1.56. The number of thioether (sulfide) groups is 1. The van der Waals surface area contributed by atoms with Crippen LogP contribution in [0.15, 0.2) is 58.9 Å². The van der Waals surface area contributed by atoms with Crippen LogP contribution >= 0.6 is 11.8 Å². The number of allylic oxidation sites excluding steroid dienone is 5. The molecule has 3 heterocycles. The Kier molecular flexibility index (Phi) is 6.40. The molecule has 1 aliphatic heterocycles.